The fraction of sp³-hybridized carbons (Fsp3) is 0.391. The number of rotatable bonds is 9. The lowest BCUT2D eigenvalue weighted by atomic mass is 10.2. The average Bonchev–Trinajstić information content (AvgIpc) is 3.11. The van der Waals surface area contributed by atoms with E-state index in [1.807, 2.05) is 11.5 Å². The van der Waals surface area contributed by atoms with Crippen molar-refractivity contribution in [2.24, 2.45) is 0 Å². The van der Waals surface area contributed by atoms with Crippen molar-refractivity contribution in [1.82, 2.24) is 13.9 Å². The number of aromatic nitrogens is 2. The van der Waals surface area contributed by atoms with Gasteiger partial charge >= 0.3 is 0 Å². The zero-order valence-electron chi connectivity index (χ0n) is 18.9. The minimum atomic E-state index is -3.59. The molecule has 0 aliphatic carbocycles. The van der Waals surface area contributed by atoms with Gasteiger partial charge in [-0.1, -0.05) is 19.9 Å². The predicted molar refractivity (Wildman–Crippen MR) is 124 cm³/mol. The molecule has 2 aromatic carbocycles. The van der Waals surface area contributed by atoms with Crippen molar-refractivity contribution >= 4 is 32.7 Å². The summed E-state index contributed by atoms with van der Waals surface area (Å²) < 4.78 is 43.0. The van der Waals surface area contributed by atoms with E-state index in [1.54, 1.807) is 51.1 Å². The Morgan fingerprint density at radius 1 is 1.12 bits per heavy atom. The summed E-state index contributed by atoms with van der Waals surface area (Å²) in [4.78, 5) is 17.2. The van der Waals surface area contributed by atoms with Gasteiger partial charge in [0.05, 0.1) is 21.6 Å². The van der Waals surface area contributed by atoms with Crippen molar-refractivity contribution in [1.29, 1.82) is 0 Å². The first-order chi connectivity index (χ1) is 15.2. The highest BCUT2D eigenvalue weighted by Gasteiger charge is 2.23. The van der Waals surface area contributed by atoms with Crippen LogP contribution in [0.5, 0.6) is 0 Å². The van der Waals surface area contributed by atoms with Gasteiger partial charge in [-0.15, -0.1) is 0 Å². The number of nitrogens with one attached hydrogen (secondary N) is 1. The van der Waals surface area contributed by atoms with E-state index in [2.05, 4.69) is 10.3 Å². The van der Waals surface area contributed by atoms with Crippen LogP contribution in [0.3, 0.4) is 0 Å². The molecule has 0 spiro atoms. The summed E-state index contributed by atoms with van der Waals surface area (Å²) in [6.45, 7) is 8.76. The molecule has 0 saturated carbocycles. The lowest BCUT2D eigenvalue weighted by molar-refractivity contribution is -0.116. The molecular formula is C23H29FN4O3S. The Morgan fingerprint density at radius 3 is 2.47 bits per heavy atom. The van der Waals surface area contributed by atoms with Crippen molar-refractivity contribution in [3.05, 3.63) is 53.6 Å². The average molecular weight is 461 g/mol. The number of aryl methyl sites for hydroxylation is 3. The number of anilines is 1. The van der Waals surface area contributed by atoms with E-state index >= 15 is 0 Å². The molecule has 32 heavy (non-hydrogen) atoms. The second kappa shape index (κ2) is 9.79. The molecule has 3 aromatic rings. The van der Waals surface area contributed by atoms with E-state index in [1.165, 1.54) is 10.4 Å². The molecule has 1 amide bonds. The maximum absolute atomic E-state index is 14.0. The van der Waals surface area contributed by atoms with Crippen molar-refractivity contribution in [2.45, 2.75) is 52.0 Å². The van der Waals surface area contributed by atoms with Gasteiger partial charge in [0.2, 0.25) is 15.9 Å². The van der Waals surface area contributed by atoms with Crippen molar-refractivity contribution in [3.8, 4) is 0 Å². The lowest BCUT2D eigenvalue weighted by Gasteiger charge is -2.18. The summed E-state index contributed by atoms with van der Waals surface area (Å²) >= 11 is 0. The molecule has 0 bridgehead atoms. The number of carbonyl (C=O) groups is 1. The Labute approximate surface area is 188 Å². The number of hydrogen-bond acceptors (Lipinski definition) is 4. The third kappa shape index (κ3) is 4.83. The highest BCUT2D eigenvalue weighted by atomic mass is 32.2. The normalized spacial score (nSPS) is 11.9. The Morgan fingerprint density at radius 2 is 1.84 bits per heavy atom. The number of sulfonamides is 1. The Balaban J connectivity index is 1.81. The molecule has 172 valence electrons. The molecule has 0 saturated heterocycles. The minimum Gasteiger partial charge on any atom is -0.328 e. The third-order valence-electron chi connectivity index (χ3n) is 5.43. The van der Waals surface area contributed by atoms with Crippen LogP contribution in [0.1, 0.15) is 38.6 Å². The topological polar surface area (TPSA) is 84.3 Å². The molecule has 3 rings (SSSR count). The molecule has 1 aromatic heterocycles. The number of hydrogen-bond donors (Lipinski definition) is 1. The fourth-order valence-electron chi connectivity index (χ4n) is 3.74. The van der Waals surface area contributed by atoms with E-state index in [4.69, 9.17) is 0 Å². The molecule has 0 fully saturated rings. The van der Waals surface area contributed by atoms with E-state index in [9.17, 15) is 17.6 Å². The molecule has 9 heteroatoms. The third-order valence-corrected chi connectivity index (χ3v) is 7.48. The number of benzene rings is 2. The highest BCUT2D eigenvalue weighted by Crippen LogP contribution is 2.24. The molecule has 7 nitrogen and oxygen atoms in total. The first kappa shape index (κ1) is 23.9. The van der Waals surface area contributed by atoms with Gasteiger partial charge in [0, 0.05) is 32.5 Å². The van der Waals surface area contributed by atoms with Crippen molar-refractivity contribution in [3.63, 3.8) is 0 Å². The minimum absolute atomic E-state index is 0.126. The zero-order chi connectivity index (χ0) is 23.5. The maximum Gasteiger partial charge on any atom is 0.243 e. The first-order valence-corrected chi connectivity index (χ1v) is 12.2. The van der Waals surface area contributed by atoms with Gasteiger partial charge in [0.25, 0.3) is 0 Å². The number of carbonyl (C=O) groups excluding carboxylic acids is 1. The van der Waals surface area contributed by atoms with E-state index in [0.717, 1.165) is 11.1 Å². The fourth-order valence-corrected chi connectivity index (χ4v) is 5.21. The molecule has 1 N–H and O–H groups in total. The molecule has 0 atom stereocenters. The summed E-state index contributed by atoms with van der Waals surface area (Å²) in [6, 6.07) is 9.59. The molecule has 1 heterocycles. The van der Waals surface area contributed by atoms with Crippen molar-refractivity contribution < 1.29 is 17.6 Å². The maximum atomic E-state index is 14.0. The van der Waals surface area contributed by atoms with Gasteiger partial charge in [-0.3, -0.25) is 4.79 Å². The molecule has 0 radical (unpaired) electrons. The Bertz CT molecular complexity index is 1230. The summed E-state index contributed by atoms with van der Waals surface area (Å²) in [7, 11) is -3.59. The zero-order valence-corrected chi connectivity index (χ0v) is 19.7. The van der Waals surface area contributed by atoms with Crippen LogP contribution in [0.25, 0.3) is 11.0 Å². The second-order valence-electron chi connectivity index (χ2n) is 7.54. The van der Waals surface area contributed by atoms with E-state index < -0.39 is 15.8 Å². The molecular weight excluding hydrogens is 431 g/mol. The molecule has 0 unspecified atom stereocenters. The van der Waals surface area contributed by atoms with Crippen LogP contribution in [0.4, 0.5) is 10.1 Å². The smallest absolute Gasteiger partial charge is 0.243 e. The van der Waals surface area contributed by atoms with Gasteiger partial charge in [-0.05, 0) is 49.7 Å². The summed E-state index contributed by atoms with van der Waals surface area (Å²) in [5.74, 6) is -0.104. The van der Waals surface area contributed by atoms with Gasteiger partial charge in [-0.2, -0.15) is 4.31 Å². The lowest BCUT2D eigenvalue weighted by Crippen LogP contribution is -2.30. The second-order valence-corrected chi connectivity index (χ2v) is 9.48. The van der Waals surface area contributed by atoms with Gasteiger partial charge < -0.3 is 9.88 Å². The predicted octanol–water partition coefficient (Wildman–Crippen LogP) is 4.11. The summed E-state index contributed by atoms with van der Waals surface area (Å²) in [5, 5.41) is 2.60. The summed E-state index contributed by atoms with van der Waals surface area (Å²) in [5.41, 5.74) is 2.31. The SMILES string of the molecule is CCN(CC)S(=O)(=O)c1ccc2c(c1)nc(CCC(=O)Nc1ccc(C)cc1F)n2CC. The van der Waals surface area contributed by atoms with Crippen LogP contribution in [0.15, 0.2) is 41.3 Å². The molecule has 0 aliphatic heterocycles. The van der Waals surface area contributed by atoms with Gasteiger partial charge in [0.15, 0.2) is 0 Å². The van der Waals surface area contributed by atoms with Crippen LogP contribution < -0.4 is 5.32 Å². The van der Waals surface area contributed by atoms with Crippen LogP contribution in [0.2, 0.25) is 0 Å². The Kier molecular flexibility index (Phi) is 7.30. The van der Waals surface area contributed by atoms with Crippen LogP contribution in [-0.2, 0) is 27.8 Å². The van der Waals surface area contributed by atoms with E-state index in [0.29, 0.717) is 37.4 Å². The monoisotopic (exact) mass is 460 g/mol. The summed E-state index contributed by atoms with van der Waals surface area (Å²) in [6.07, 6.45) is 0.473. The van der Waals surface area contributed by atoms with Crippen LogP contribution >= 0.6 is 0 Å². The van der Waals surface area contributed by atoms with Gasteiger partial charge in [0.1, 0.15) is 11.6 Å². The quantitative estimate of drug-likeness (QED) is 0.521. The number of imidazole rings is 1. The Hall–Kier alpha value is -2.78. The van der Waals surface area contributed by atoms with Crippen LogP contribution in [0, 0.1) is 12.7 Å². The van der Waals surface area contributed by atoms with Gasteiger partial charge in [-0.25, -0.2) is 17.8 Å². The van der Waals surface area contributed by atoms with Crippen molar-refractivity contribution in [2.75, 3.05) is 18.4 Å². The highest BCUT2D eigenvalue weighted by molar-refractivity contribution is 7.89. The number of amides is 1. The first-order valence-electron chi connectivity index (χ1n) is 10.8. The van der Waals surface area contributed by atoms with E-state index in [-0.39, 0.29) is 22.9 Å². The number of halogens is 1. The number of fused-ring (bicyclic) bond motifs is 1. The standard InChI is InChI=1S/C23H29FN4O3S/c1-5-27(6-2)32(30,31)17-9-11-21-20(15-17)25-22(28(21)7-3)12-13-23(29)26-19-10-8-16(4)14-18(19)24/h8-11,14-15H,5-7,12-13H2,1-4H3,(H,26,29). The molecule has 0 aliphatic rings. The van der Waals surface area contributed by atoms with Crippen LogP contribution in [-0.4, -0.2) is 41.3 Å². The largest absolute Gasteiger partial charge is 0.328 e. The number of nitrogens with zero attached hydrogens (tertiary/aromatic N) is 3.